The minimum atomic E-state index is -3.53. The molecule has 6 nitrogen and oxygen atoms in total. The van der Waals surface area contributed by atoms with Crippen molar-refractivity contribution in [3.8, 4) is 5.75 Å². The maximum Gasteiger partial charge on any atom is 0.301 e. The first kappa shape index (κ1) is 14.9. The summed E-state index contributed by atoms with van der Waals surface area (Å²) in [5.74, 6) is 0.527. The van der Waals surface area contributed by atoms with Crippen molar-refractivity contribution < 1.29 is 13.2 Å². The van der Waals surface area contributed by atoms with Gasteiger partial charge in [0, 0.05) is 12.6 Å². The van der Waals surface area contributed by atoms with E-state index in [0.717, 1.165) is 19.3 Å². The zero-order valence-electron chi connectivity index (χ0n) is 11.8. The highest BCUT2D eigenvalue weighted by Crippen LogP contribution is 2.27. The molecule has 1 atom stereocenters. The summed E-state index contributed by atoms with van der Waals surface area (Å²) in [4.78, 5) is 0. The number of rotatable bonds is 4. The summed E-state index contributed by atoms with van der Waals surface area (Å²) in [6.45, 7) is 2.49. The average Bonchev–Trinajstić information content (AvgIpc) is 2.38. The van der Waals surface area contributed by atoms with Gasteiger partial charge in [-0.15, -0.1) is 0 Å². The normalized spacial score (nSPS) is 20.6. The number of nitrogen functional groups attached to an aromatic ring is 1. The Kier molecular flexibility index (Phi) is 4.39. The van der Waals surface area contributed by atoms with Crippen molar-refractivity contribution in [3.05, 3.63) is 18.2 Å². The van der Waals surface area contributed by atoms with E-state index in [1.165, 1.54) is 11.4 Å². The number of hydrogen-bond acceptors (Lipinski definition) is 4. The van der Waals surface area contributed by atoms with Crippen LogP contribution in [0.1, 0.15) is 26.2 Å². The fraction of sp³-hybridized carbons (Fsp3) is 0.538. The molecule has 3 N–H and O–H groups in total. The summed E-state index contributed by atoms with van der Waals surface area (Å²) in [6.07, 6.45) is 2.87. The first-order chi connectivity index (χ1) is 9.44. The lowest BCUT2D eigenvalue weighted by Crippen LogP contribution is -2.44. The van der Waals surface area contributed by atoms with Gasteiger partial charge in [-0.3, -0.25) is 4.72 Å². The Labute approximate surface area is 120 Å². The molecule has 7 heteroatoms. The maximum atomic E-state index is 12.4. The van der Waals surface area contributed by atoms with Crippen LogP contribution in [0.4, 0.5) is 11.4 Å². The Hall–Kier alpha value is -1.47. The minimum Gasteiger partial charge on any atom is -0.495 e. The molecular weight excluding hydrogens is 278 g/mol. The van der Waals surface area contributed by atoms with Gasteiger partial charge >= 0.3 is 10.2 Å². The molecule has 112 valence electrons. The van der Waals surface area contributed by atoms with Crippen LogP contribution in [0.25, 0.3) is 0 Å². The van der Waals surface area contributed by atoms with Crippen molar-refractivity contribution in [1.82, 2.24) is 4.31 Å². The van der Waals surface area contributed by atoms with E-state index in [2.05, 4.69) is 4.72 Å². The molecule has 1 aliphatic rings. The van der Waals surface area contributed by atoms with Gasteiger partial charge in [0.15, 0.2) is 0 Å². The third-order valence-corrected chi connectivity index (χ3v) is 5.18. The molecule has 2 rings (SSSR count). The fourth-order valence-electron chi connectivity index (χ4n) is 2.43. The van der Waals surface area contributed by atoms with Crippen LogP contribution in [0.2, 0.25) is 0 Å². The van der Waals surface area contributed by atoms with Gasteiger partial charge in [0.25, 0.3) is 0 Å². The second-order valence-electron chi connectivity index (χ2n) is 5.02. The molecule has 0 saturated carbocycles. The summed E-state index contributed by atoms with van der Waals surface area (Å²) in [5.41, 5.74) is 6.63. The van der Waals surface area contributed by atoms with E-state index in [1.807, 2.05) is 6.92 Å². The Bertz CT molecular complexity index is 574. The number of methoxy groups -OCH3 is 1. The van der Waals surface area contributed by atoms with Crippen molar-refractivity contribution in [2.24, 2.45) is 0 Å². The van der Waals surface area contributed by atoms with Crippen molar-refractivity contribution in [2.75, 3.05) is 24.1 Å². The molecule has 0 radical (unpaired) electrons. The summed E-state index contributed by atoms with van der Waals surface area (Å²) < 4.78 is 33.9. The van der Waals surface area contributed by atoms with Crippen LogP contribution in [0.15, 0.2) is 18.2 Å². The minimum absolute atomic E-state index is 0.0249. The average molecular weight is 299 g/mol. The van der Waals surface area contributed by atoms with Crippen LogP contribution >= 0.6 is 0 Å². The second kappa shape index (κ2) is 5.88. The Morgan fingerprint density at radius 1 is 1.40 bits per heavy atom. The highest BCUT2D eigenvalue weighted by atomic mass is 32.2. The first-order valence-electron chi connectivity index (χ1n) is 6.67. The molecule has 1 fully saturated rings. The van der Waals surface area contributed by atoms with Gasteiger partial charge in [0.05, 0.1) is 18.5 Å². The van der Waals surface area contributed by atoms with Crippen LogP contribution in [-0.2, 0) is 10.2 Å². The molecule has 0 spiro atoms. The second-order valence-corrected chi connectivity index (χ2v) is 6.64. The van der Waals surface area contributed by atoms with E-state index in [4.69, 9.17) is 10.5 Å². The summed E-state index contributed by atoms with van der Waals surface area (Å²) in [5, 5.41) is 0. The van der Waals surface area contributed by atoms with Crippen LogP contribution in [-0.4, -0.2) is 32.4 Å². The van der Waals surface area contributed by atoms with E-state index in [-0.39, 0.29) is 6.04 Å². The van der Waals surface area contributed by atoms with Crippen molar-refractivity contribution in [2.45, 2.75) is 32.2 Å². The zero-order valence-corrected chi connectivity index (χ0v) is 12.6. The van der Waals surface area contributed by atoms with Crippen molar-refractivity contribution in [1.29, 1.82) is 0 Å². The van der Waals surface area contributed by atoms with Crippen LogP contribution < -0.4 is 15.2 Å². The quantitative estimate of drug-likeness (QED) is 0.830. The van der Waals surface area contributed by atoms with Crippen LogP contribution in [0.5, 0.6) is 5.75 Å². The standard InChI is InChI=1S/C13H21N3O3S/c1-10-5-3-4-8-16(10)20(17,18)15-11-6-7-13(19-2)12(14)9-11/h6-7,9-10,15H,3-5,8,14H2,1-2H3. The summed E-state index contributed by atoms with van der Waals surface area (Å²) >= 11 is 0. The molecule has 0 bridgehead atoms. The lowest BCUT2D eigenvalue weighted by Gasteiger charge is -2.32. The lowest BCUT2D eigenvalue weighted by molar-refractivity contribution is 0.270. The Balaban J connectivity index is 2.17. The monoisotopic (exact) mass is 299 g/mol. The topological polar surface area (TPSA) is 84.7 Å². The summed E-state index contributed by atoms with van der Waals surface area (Å²) in [7, 11) is -2.02. The predicted octanol–water partition coefficient (Wildman–Crippen LogP) is 1.81. The first-order valence-corrected chi connectivity index (χ1v) is 8.11. The number of anilines is 2. The summed E-state index contributed by atoms with van der Waals surface area (Å²) in [6, 6.07) is 4.87. The van der Waals surface area contributed by atoms with Crippen LogP contribution in [0.3, 0.4) is 0 Å². The molecule has 0 amide bonds. The third-order valence-electron chi connectivity index (χ3n) is 3.53. The van der Waals surface area contributed by atoms with Gasteiger partial charge in [-0.25, -0.2) is 0 Å². The smallest absolute Gasteiger partial charge is 0.301 e. The number of nitrogens with zero attached hydrogens (tertiary/aromatic N) is 1. The molecule has 1 saturated heterocycles. The number of piperidine rings is 1. The largest absolute Gasteiger partial charge is 0.495 e. The third kappa shape index (κ3) is 3.16. The SMILES string of the molecule is COc1ccc(NS(=O)(=O)N2CCCCC2C)cc1N. The molecule has 1 heterocycles. The Morgan fingerprint density at radius 2 is 2.15 bits per heavy atom. The van der Waals surface area contributed by atoms with E-state index >= 15 is 0 Å². The molecule has 1 aromatic carbocycles. The highest BCUT2D eigenvalue weighted by Gasteiger charge is 2.29. The molecule has 1 unspecified atom stereocenters. The number of benzene rings is 1. The molecule has 0 aromatic heterocycles. The molecule has 1 aliphatic heterocycles. The van der Waals surface area contributed by atoms with Crippen molar-refractivity contribution >= 4 is 21.6 Å². The van der Waals surface area contributed by atoms with Crippen LogP contribution in [0, 0.1) is 0 Å². The maximum absolute atomic E-state index is 12.4. The molecule has 20 heavy (non-hydrogen) atoms. The van der Waals surface area contributed by atoms with Crippen molar-refractivity contribution in [3.63, 3.8) is 0 Å². The number of nitrogens with two attached hydrogens (primary N) is 1. The molecular formula is C13H21N3O3S. The van der Waals surface area contributed by atoms with Gasteiger partial charge in [-0.2, -0.15) is 12.7 Å². The number of hydrogen-bond donors (Lipinski definition) is 2. The van der Waals surface area contributed by atoms with E-state index < -0.39 is 10.2 Å². The van der Waals surface area contributed by atoms with Gasteiger partial charge in [-0.05, 0) is 38.0 Å². The highest BCUT2D eigenvalue weighted by molar-refractivity contribution is 7.90. The fourth-order valence-corrected chi connectivity index (χ4v) is 3.92. The Morgan fingerprint density at radius 3 is 2.75 bits per heavy atom. The zero-order chi connectivity index (χ0) is 14.8. The molecule has 1 aromatic rings. The molecule has 0 aliphatic carbocycles. The van der Waals surface area contributed by atoms with Gasteiger partial charge in [0.1, 0.15) is 5.75 Å². The predicted molar refractivity (Wildman–Crippen MR) is 80.0 cm³/mol. The van der Waals surface area contributed by atoms with Gasteiger partial charge < -0.3 is 10.5 Å². The van der Waals surface area contributed by atoms with E-state index in [1.54, 1.807) is 18.2 Å². The number of ether oxygens (including phenoxy) is 1. The van der Waals surface area contributed by atoms with Gasteiger partial charge in [-0.1, -0.05) is 6.42 Å². The van der Waals surface area contributed by atoms with E-state index in [0.29, 0.717) is 23.7 Å². The van der Waals surface area contributed by atoms with Gasteiger partial charge in [0.2, 0.25) is 0 Å². The van der Waals surface area contributed by atoms with E-state index in [9.17, 15) is 8.42 Å². The lowest BCUT2D eigenvalue weighted by atomic mass is 10.1. The number of nitrogens with one attached hydrogen (secondary N) is 1.